The van der Waals surface area contributed by atoms with E-state index < -0.39 is 0 Å². The zero-order valence-corrected chi connectivity index (χ0v) is 11.8. The average Bonchev–Trinajstić information content (AvgIpc) is 3.08. The Morgan fingerprint density at radius 1 is 1.42 bits per heavy atom. The molecule has 1 atom stereocenters. The number of aromatic nitrogens is 3. The molecule has 5 heteroatoms. The standard InChI is InChI=1S/C14H17N3OS/c1-11-5-2-3-7-13(11)17-10-15-16-14(17)19-9-12-6-4-8-18-12/h2-3,5,7,10,12H,4,6,8-9H2,1H3. The molecule has 0 amide bonds. The van der Waals surface area contributed by atoms with Gasteiger partial charge in [0, 0.05) is 12.4 Å². The Morgan fingerprint density at radius 3 is 3.11 bits per heavy atom. The molecule has 2 aromatic rings. The van der Waals surface area contributed by atoms with E-state index in [1.807, 2.05) is 12.1 Å². The van der Waals surface area contributed by atoms with Crippen molar-refractivity contribution in [3.8, 4) is 5.69 Å². The Morgan fingerprint density at radius 2 is 2.32 bits per heavy atom. The predicted octanol–water partition coefficient (Wildman–Crippen LogP) is 2.85. The van der Waals surface area contributed by atoms with Crippen LogP contribution >= 0.6 is 11.8 Å². The molecule has 0 spiro atoms. The largest absolute Gasteiger partial charge is 0.377 e. The highest BCUT2D eigenvalue weighted by atomic mass is 32.2. The Hall–Kier alpha value is -1.33. The van der Waals surface area contributed by atoms with Gasteiger partial charge in [-0.05, 0) is 31.4 Å². The Kier molecular flexibility index (Phi) is 3.84. The summed E-state index contributed by atoms with van der Waals surface area (Å²) in [6, 6.07) is 8.28. The zero-order valence-electron chi connectivity index (χ0n) is 11.0. The quantitative estimate of drug-likeness (QED) is 0.804. The Balaban J connectivity index is 1.76. The molecule has 19 heavy (non-hydrogen) atoms. The van der Waals surface area contributed by atoms with Gasteiger partial charge in [0.25, 0.3) is 0 Å². The molecule has 1 saturated heterocycles. The smallest absolute Gasteiger partial charge is 0.195 e. The van der Waals surface area contributed by atoms with Crippen LogP contribution in [0.25, 0.3) is 5.69 Å². The number of rotatable bonds is 4. The van der Waals surface area contributed by atoms with Crippen molar-refractivity contribution >= 4 is 11.8 Å². The molecular formula is C14H17N3OS. The highest BCUT2D eigenvalue weighted by Crippen LogP contribution is 2.25. The van der Waals surface area contributed by atoms with E-state index in [1.54, 1.807) is 18.1 Å². The molecule has 0 aliphatic carbocycles. The first-order chi connectivity index (χ1) is 9.34. The van der Waals surface area contributed by atoms with Crippen LogP contribution in [0.15, 0.2) is 35.7 Å². The number of hydrogen-bond acceptors (Lipinski definition) is 4. The van der Waals surface area contributed by atoms with Gasteiger partial charge >= 0.3 is 0 Å². The third kappa shape index (κ3) is 2.82. The van der Waals surface area contributed by atoms with Gasteiger partial charge in [-0.25, -0.2) is 0 Å². The van der Waals surface area contributed by atoms with E-state index in [-0.39, 0.29) is 0 Å². The molecular weight excluding hydrogens is 258 g/mol. The summed E-state index contributed by atoms with van der Waals surface area (Å²) in [6.07, 6.45) is 4.48. The van der Waals surface area contributed by atoms with E-state index in [2.05, 4.69) is 33.8 Å². The highest BCUT2D eigenvalue weighted by Gasteiger charge is 2.17. The zero-order chi connectivity index (χ0) is 13.1. The van der Waals surface area contributed by atoms with Crippen LogP contribution in [-0.2, 0) is 4.74 Å². The van der Waals surface area contributed by atoms with Crippen molar-refractivity contribution in [1.29, 1.82) is 0 Å². The summed E-state index contributed by atoms with van der Waals surface area (Å²) < 4.78 is 7.69. The van der Waals surface area contributed by atoms with Crippen molar-refractivity contribution in [3.63, 3.8) is 0 Å². The molecule has 0 radical (unpaired) electrons. The summed E-state index contributed by atoms with van der Waals surface area (Å²) in [5.74, 6) is 0.949. The second kappa shape index (κ2) is 5.75. The van der Waals surface area contributed by atoms with Crippen LogP contribution in [0.2, 0.25) is 0 Å². The van der Waals surface area contributed by atoms with Gasteiger partial charge < -0.3 is 4.74 Å². The molecule has 0 saturated carbocycles. The van der Waals surface area contributed by atoms with Crippen molar-refractivity contribution in [1.82, 2.24) is 14.8 Å². The first kappa shape index (κ1) is 12.7. The molecule has 0 N–H and O–H groups in total. The van der Waals surface area contributed by atoms with Crippen LogP contribution in [0.3, 0.4) is 0 Å². The Bertz CT molecular complexity index is 549. The number of hydrogen-bond donors (Lipinski definition) is 0. The van der Waals surface area contributed by atoms with Crippen LogP contribution in [-0.4, -0.2) is 33.2 Å². The fraction of sp³-hybridized carbons (Fsp3) is 0.429. The summed E-state index contributed by atoms with van der Waals surface area (Å²) in [5, 5.41) is 9.19. The van der Waals surface area contributed by atoms with Crippen LogP contribution in [0.1, 0.15) is 18.4 Å². The summed E-state index contributed by atoms with van der Waals surface area (Å²) >= 11 is 1.72. The van der Waals surface area contributed by atoms with E-state index in [0.29, 0.717) is 6.10 Å². The molecule has 1 aromatic heterocycles. The number of para-hydroxylation sites is 1. The minimum atomic E-state index is 0.368. The SMILES string of the molecule is Cc1ccccc1-n1cnnc1SCC1CCCO1. The van der Waals surface area contributed by atoms with E-state index in [4.69, 9.17) is 4.74 Å². The van der Waals surface area contributed by atoms with Crippen LogP contribution in [0, 0.1) is 6.92 Å². The van der Waals surface area contributed by atoms with E-state index in [9.17, 15) is 0 Å². The second-order valence-corrected chi connectivity index (χ2v) is 5.70. The molecule has 1 aliphatic rings. The topological polar surface area (TPSA) is 39.9 Å². The normalized spacial score (nSPS) is 18.9. The molecule has 1 fully saturated rings. The monoisotopic (exact) mass is 275 g/mol. The van der Waals surface area contributed by atoms with Gasteiger partial charge in [-0.2, -0.15) is 0 Å². The molecule has 1 unspecified atom stereocenters. The fourth-order valence-corrected chi connectivity index (χ4v) is 3.25. The molecule has 4 nitrogen and oxygen atoms in total. The minimum Gasteiger partial charge on any atom is -0.377 e. The lowest BCUT2D eigenvalue weighted by molar-refractivity contribution is 0.129. The van der Waals surface area contributed by atoms with E-state index in [0.717, 1.165) is 29.6 Å². The maximum absolute atomic E-state index is 5.64. The van der Waals surface area contributed by atoms with Gasteiger partial charge in [0.15, 0.2) is 5.16 Å². The van der Waals surface area contributed by atoms with Crippen molar-refractivity contribution in [3.05, 3.63) is 36.2 Å². The average molecular weight is 275 g/mol. The first-order valence-corrected chi connectivity index (χ1v) is 7.53. The van der Waals surface area contributed by atoms with Crippen molar-refractivity contribution in [2.75, 3.05) is 12.4 Å². The van der Waals surface area contributed by atoms with E-state index in [1.165, 1.54) is 12.0 Å². The van der Waals surface area contributed by atoms with Gasteiger partial charge in [-0.15, -0.1) is 10.2 Å². The fourth-order valence-electron chi connectivity index (χ4n) is 2.27. The Labute approximate surface area is 117 Å². The van der Waals surface area contributed by atoms with Gasteiger partial charge in [0.1, 0.15) is 6.33 Å². The maximum atomic E-state index is 5.64. The summed E-state index contributed by atoms with van der Waals surface area (Å²) in [5.41, 5.74) is 2.36. The summed E-state index contributed by atoms with van der Waals surface area (Å²) in [4.78, 5) is 0. The van der Waals surface area contributed by atoms with Gasteiger partial charge in [0.2, 0.25) is 0 Å². The molecule has 1 aromatic carbocycles. The molecule has 2 heterocycles. The molecule has 3 rings (SSSR count). The van der Waals surface area contributed by atoms with Gasteiger partial charge in [-0.1, -0.05) is 30.0 Å². The summed E-state index contributed by atoms with van der Waals surface area (Å²) in [6.45, 7) is 3.00. The van der Waals surface area contributed by atoms with Crippen molar-refractivity contribution in [2.24, 2.45) is 0 Å². The number of nitrogens with zero attached hydrogens (tertiary/aromatic N) is 3. The van der Waals surface area contributed by atoms with Crippen molar-refractivity contribution < 1.29 is 4.74 Å². The lowest BCUT2D eigenvalue weighted by atomic mass is 10.2. The lowest BCUT2D eigenvalue weighted by Crippen LogP contribution is -2.09. The van der Waals surface area contributed by atoms with Crippen LogP contribution < -0.4 is 0 Å². The number of ether oxygens (including phenoxy) is 1. The van der Waals surface area contributed by atoms with Crippen LogP contribution in [0.5, 0.6) is 0 Å². The predicted molar refractivity (Wildman–Crippen MR) is 75.8 cm³/mol. The summed E-state index contributed by atoms with van der Waals surface area (Å²) in [7, 11) is 0. The maximum Gasteiger partial charge on any atom is 0.195 e. The number of thioether (sulfide) groups is 1. The first-order valence-electron chi connectivity index (χ1n) is 6.55. The molecule has 100 valence electrons. The molecule has 0 bridgehead atoms. The minimum absolute atomic E-state index is 0.368. The van der Waals surface area contributed by atoms with Crippen molar-refractivity contribution in [2.45, 2.75) is 31.0 Å². The number of aryl methyl sites for hydroxylation is 1. The van der Waals surface area contributed by atoms with E-state index >= 15 is 0 Å². The second-order valence-electron chi connectivity index (χ2n) is 4.72. The third-order valence-electron chi connectivity index (χ3n) is 3.31. The lowest BCUT2D eigenvalue weighted by Gasteiger charge is -2.11. The van der Waals surface area contributed by atoms with Crippen LogP contribution in [0.4, 0.5) is 0 Å². The third-order valence-corrected chi connectivity index (χ3v) is 4.39. The van der Waals surface area contributed by atoms with Gasteiger partial charge in [0.05, 0.1) is 11.8 Å². The highest BCUT2D eigenvalue weighted by molar-refractivity contribution is 7.99. The molecule has 1 aliphatic heterocycles. The number of benzene rings is 1. The van der Waals surface area contributed by atoms with Gasteiger partial charge in [-0.3, -0.25) is 4.57 Å².